The minimum atomic E-state index is 0.634. The van der Waals surface area contributed by atoms with Gasteiger partial charge in [0.2, 0.25) is 0 Å². The third kappa shape index (κ3) is 2.69. The van der Waals surface area contributed by atoms with E-state index >= 15 is 0 Å². The monoisotopic (exact) mass is 210 g/mol. The molecular weight excluding hydrogens is 196 g/mol. The summed E-state index contributed by atoms with van der Waals surface area (Å²) in [5, 5.41) is 0.634. The molecule has 0 amide bonds. The standard InChI is InChI=1S/C11H15ClN2/c1-14(7-9-4-5-9)8-10-3-2-6-13-11(10)12/h2-3,6,9H,4-5,7-8H2,1H3. The van der Waals surface area contributed by atoms with Gasteiger partial charge >= 0.3 is 0 Å². The summed E-state index contributed by atoms with van der Waals surface area (Å²) in [5.74, 6) is 0.926. The van der Waals surface area contributed by atoms with Gasteiger partial charge in [-0.2, -0.15) is 0 Å². The van der Waals surface area contributed by atoms with E-state index in [1.165, 1.54) is 19.4 Å². The number of aromatic nitrogens is 1. The Morgan fingerprint density at radius 2 is 2.36 bits per heavy atom. The molecule has 1 fully saturated rings. The van der Waals surface area contributed by atoms with Crippen molar-refractivity contribution >= 4 is 11.6 Å². The predicted molar refractivity (Wildman–Crippen MR) is 58.3 cm³/mol. The first kappa shape index (κ1) is 9.94. The molecule has 1 aromatic heterocycles. The van der Waals surface area contributed by atoms with Crippen molar-refractivity contribution in [2.75, 3.05) is 13.6 Å². The lowest BCUT2D eigenvalue weighted by molar-refractivity contribution is 0.313. The second kappa shape index (κ2) is 4.28. The average Bonchev–Trinajstić information content (AvgIpc) is 2.93. The minimum Gasteiger partial charge on any atom is -0.302 e. The van der Waals surface area contributed by atoms with Crippen LogP contribution in [0.2, 0.25) is 5.15 Å². The molecule has 1 aromatic rings. The van der Waals surface area contributed by atoms with Gasteiger partial charge in [-0.1, -0.05) is 17.7 Å². The molecule has 0 saturated heterocycles. The third-order valence-electron chi connectivity index (χ3n) is 2.54. The highest BCUT2D eigenvalue weighted by Gasteiger charge is 2.22. The highest BCUT2D eigenvalue weighted by molar-refractivity contribution is 6.30. The van der Waals surface area contributed by atoms with E-state index in [0.717, 1.165) is 18.0 Å². The van der Waals surface area contributed by atoms with Gasteiger partial charge in [-0.15, -0.1) is 0 Å². The fourth-order valence-electron chi connectivity index (χ4n) is 1.63. The smallest absolute Gasteiger partial charge is 0.133 e. The fourth-order valence-corrected chi connectivity index (χ4v) is 1.81. The van der Waals surface area contributed by atoms with Crippen LogP contribution >= 0.6 is 11.6 Å². The van der Waals surface area contributed by atoms with Crippen molar-refractivity contribution in [1.82, 2.24) is 9.88 Å². The summed E-state index contributed by atoms with van der Waals surface area (Å²) in [4.78, 5) is 6.39. The molecule has 1 heterocycles. The van der Waals surface area contributed by atoms with Crippen LogP contribution in [0.15, 0.2) is 18.3 Å². The number of hydrogen-bond donors (Lipinski definition) is 0. The van der Waals surface area contributed by atoms with E-state index in [0.29, 0.717) is 5.15 Å². The molecule has 0 radical (unpaired) electrons. The third-order valence-corrected chi connectivity index (χ3v) is 2.88. The lowest BCUT2D eigenvalue weighted by Crippen LogP contribution is -2.20. The molecule has 3 heteroatoms. The van der Waals surface area contributed by atoms with Crippen LogP contribution in [0.5, 0.6) is 0 Å². The van der Waals surface area contributed by atoms with E-state index in [4.69, 9.17) is 11.6 Å². The Hall–Kier alpha value is -0.600. The van der Waals surface area contributed by atoms with Crippen LogP contribution in [0.25, 0.3) is 0 Å². The first-order valence-corrected chi connectivity index (χ1v) is 5.41. The van der Waals surface area contributed by atoms with E-state index in [2.05, 4.69) is 16.9 Å². The normalized spacial score (nSPS) is 16.2. The van der Waals surface area contributed by atoms with Gasteiger partial charge in [0.25, 0.3) is 0 Å². The molecule has 14 heavy (non-hydrogen) atoms. The maximum absolute atomic E-state index is 5.98. The molecule has 2 nitrogen and oxygen atoms in total. The Labute approximate surface area is 89.9 Å². The van der Waals surface area contributed by atoms with Crippen molar-refractivity contribution in [1.29, 1.82) is 0 Å². The Balaban J connectivity index is 1.91. The number of nitrogens with zero attached hydrogens (tertiary/aromatic N) is 2. The fraction of sp³-hybridized carbons (Fsp3) is 0.545. The van der Waals surface area contributed by atoms with Gasteiger partial charge in [0, 0.05) is 24.8 Å². The molecule has 1 aliphatic carbocycles. The summed E-state index contributed by atoms with van der Waals surface area (Å²) < 4.78 is 0. The van der Waals surface area contributed by atoms with Crippen molar-refractivity contribution in [3.63, 3.8) is 0 Å². The minimum absolute atomic E-state index is 0.634. The number of pyridine rings is 1. The van der Waals surface area contributed by atoms with E-state index < -0.39 is 0 Å². The molecule has 76 valence electrons. The summed E-state index contributed by atoms with van der Waals surface area (Å²) in [6, 6.07) is 3.98. The average molecular weight is 211 g/mol. The first-order valence-electron chi connectivity index (χ1n) is 5.03. The van der Waals surface area contributed by atoms with Gasteiger partial charge in [0.1, 0.15) is 5.15 Å². The first-order chi connectivity index (χ1) is 6.75. The van der Waals surface area contributed by atoms with Crippen molar-refractivity contribution < 1.29 is 0 Å². The SMILES string of the molecule is CN(Cc1cccnc1Cl)CC1CC1. The zero-order chi connectivity index (χ0) is 9.97. The second-order valence-electron chi connectivity index (χ2n) is 4.09. The Morgan fingerprint density at radius 1 is 1.57 bits per heavy atom. The van der Waals surface area contributed by atoms with Gasteiger partial charge < -0.3 is 4.90 Å². The number of rotatable bonds is 4. The molecule has 0 bridgehead atoms. The molecule has 1 aliphatic rings. The zero-order valence-electron chi connectivity index (χ0n) is 8.41. The van der Waals surface area contributed by atoms with Crippen LogP contribution in [-0.4, -0.2) is 23.5 Å². The number of hydrogen-bond acceptors (Lipinski definition) is 2. The molecular formula is C11H15ClN2. The van der Waals surface area contributed by atoms with Crippen LogP contribution in [0.4, 0.5) is 0 Å². The van der Waals surface area contributed by atoms with Crippen LogP contribution < -0.4 is 0 Å². The molecule has 1 saturated carbocycles. The van der Waals surface area contributed by atoms with Crippen LogP contribution in [0.1, 0.15) is 18.4 Å². The van der Waals surface area contributed by atoms with E-state index in [1.807, 2.05) is 12.1 Å². The summed E-state index contributed by atoms with van der Waals surface area (Å²) in [6.07, 6.45) is 4.52. The molecule has 0 spiro atoms. The Morgan fingerprint density at radius 3 is 3.00 bits per heavy atom. The summed E-state index contributed by atoms with van der Waals surface area (Å²) in [6.45, 7) is 2.09. The van der Waals surface area contributed by atoms with E-state index in [9.17, 15) is 0 Å². The molecule has 0 atom stereocenters. The Kier molecular flexibility index (Phi) is 3.04. The van der Waals surface area contributed by atoms with Crippen LogP contribution in [-0.2, 0) is 6.54 Å². The zero-order valence-corrected chi connectivity index (χ0v) is 9.17. The lowest BCUT2D eigenvalue weighted by atomic mass is 10.2. The molecule has 0 aromatic carbocycles. The Bertz CT molecular complexity index is 310. The predicted octanol–water partition coefficient (Wildman–Crippen LogP) is 2.58. The quantitative estimate of drug-likeness (QED) is 0.711. The molecule has 0 N–H and O–H groups in total. The van der Waals surface area contributed by atoms with E-state index in [1.54, 1.807) is 6.20 Å². The second-order valence-corrected chi connectivity index (χ2v) is 4.45. The van der Waals surface area contributed by atoms with Gasteiger partial charge in [-0.05, 0) is 31.9 Å². The summed E-state index contributed by atoms with van der Waals surface area (Å²) in [7, 11) is 2.14. The largest absolute Gasteiger partial charge is 0.302 e. The van der Waals surface area contributed by atoms with Gasteiger partial charge in [-0.25, -0.2) is 4.98 Å². The van der Waals surface area contributed by atoms with Crippen molar-refractivity contribution in [2.45, 2.75) is 19.4 Å². The topological polar surface area (TPSA) is 16.1 Å². The van der Waals surface area contributed by atoms with Crippen molar-refractivity contribution in [3.8, 4) is 0 Å². The highest BCUT2D eigenvalue weighted by atomic mass is 35.5. The summed E-state index contributed by atoms with van der Waals surface area (Å²) in [5.41, 5.74) is 1.12. The summed E-state index contributed by atoms with van der Waals surface area (Å²) >= 11 is 5.98. The molecule has 0 unspecified atom stereocenters. The molecule has 2 rings (SSSR count). The van der Waals surface area contributed by atoms with Gasteiger partial charge in [-0.3, -0.25) is 0 Å². The maximum atomic E-state index is 5.98. The maximum Gasteiger partial charge on any atom is 0.133 e. The van der Waals surface area contributed by atoms with Crippen LogP contribution in [0, 0.1) is 5.92 Å². The van der Waals surface area contributed by atoms with Gasteiger partial charge in [0.05, 0.1) is 0 Å². The van der Waals surface area contributed by atoms with E-state index in [-0.39, 0.29) is 0 Å². The lowest BCUT2D eigenvalue weighted by Gasteiger charge is -2.16. The van der Waals surface area contributed by atoms with Gasteiger partial charge in [0.15, 0.2) is 0 Å². The highest BCUT2D eigenvalue weighted by Crippen LogP contribution is 2.29. The van der Waals surface area contributed by atoms with Crippen LogP contribution in [0.3, 0.4) is 0 Å². The van der Waals surface area contributed by atoms with Crippen molar-refractivity contribution in [2.24, 2.45) is 5.92 Å². The molecule has 0 aliphatic heterocycles. The van der Waals surface area contributed by atoms with Crippen molar-refractivity contribution in [3.05, 3.63) is 29.0 Å². The number of halogens is 1.